The lowest BCUT2D eigenvalue weighted by Gasteiger charge is -2.36. The minimum atomic E-state index is -0.459. The molecule has 0 aromatic carbocycles. The first-order chi connectivity index (χ1) is 7.33. The van der Waals surface area contributed by atoms with E-state index in [9.17, 15) is 4.79 Å². The van der Waals surface area contributed by atoms with Crippen LogP contribution in [-0.4, -0.2) is 48.9 Å². The van der Waals surface area contributed by atoms with Crippen molar-refractivity contribution in [2.24, 2.45) is 5.73 Å². The van der Waals surface area contributed by atoms with Crippen LogP contribution in [0.5, 0.6) is 0 Å². The molecule has 1 amide bonds. The van der Waals surface area contributed by atoms with Gasteiger partial charge >= 0.3 is 6.09 Å². The summed E-state index contributed by atoms with van der Waals surface area (Å²) in [5.41, 5.74) is 5.42. The van der Waals surface area contributed by atoms with Crippen molar-refractivity contribution in [2.45, 2.75) is 44.9 Å². The highest BCUT2D eigenvalue weighted by Gasteiger charge is 2.31. The van der Waals surface area contributed by atoms with Gasteiger partial charge < -0.3 is 20.1 Å². The van der Waals surface area contributed by atoms with Crippen molar-refractivity contribution in [1.29, 1.82) is 0 Å². The first kappa shape index (κ1) is 13.3. The van der Waals surface area contributed by atoms with Crippen molar-refractivity contribution in [2.75, 3.05) is 20.2 Å². The van der Waals surface area contributed by atoms with Crippen molar-refractivity contribution in [3.8, 4) is 0 Å². The molecule has 0 spiro atoms. The molecule has 1 aliphatic heterocycles. The molecule has 2 unspecified atom stereocenters. The van der Waals surface area contributed by atoms with E-state index in [1.807, 2.05) is 20.8 Å². The lowest BCUT2D eigenvalue weighted by molar-refractivity contribution is -0.0126. The Hall–Kier alpha value is -0.810. The summed E-state index contributed by atoms with van der Waals surface area (Å²) in [6.45, 7) is 6.71. The molecule has 1 fully saturated rings. The molecule has 0 aromatic rings. The second-order valence-electron chi connectivity index (χ2n) is 5.15. The average molecular weight is 230 g/mol. The summed E-state index contributed by atoms with van der Waals surface area (Å²) in [4.78, 5) is 13.4. The van der Waals surface area contributed by atoms with Crippen LogP contribution >= 0.6 is 0 Å². The van der Waals surface area contributed by atoms with E-state index in [4.69, 9.17) is 15.2 Å². The first-order valence-corrected chi connectivity index (χ1v) is 5.60. The van der Waals surface area contributed by atoms with Crippen molar-refractivity contribution >= 4 is 6.09 Å². The van der Waals surface area contributed by atoms with E-state index in [1.54, 1.807) is 12.0 Å². The van der Waals surface area contributed by atoms with Gasteiger partial charge in [-0.05, 0) is 27.2 Å². The van der Waals surface area contributed by atoms with Gasteiger partial charge in [0.05, 0.1) is 12.6 Å². The fraction of sp³-hybridized carbons (Fsp3) is 0.909. The molecule has 0 radical (unpaired) electrons. The molecular weight excluding hydrogens is 208 g/mol. The minimum Gasteiger partial charge on any atom is -0.444 e. The molecule has 1 heterocycles. The van der Waals surface area contributed by atoms with E-state index >= 15 is 0 Å². The molecule has 5 nitrogen and oxygen atoms in total. The Bertz CT molecular complexity index is 250. The molecule has 2 atom stereocenters. The predicted molar refractivity (Wildman–Crippen MR) is 61.2 cm³/mol. The van der Waals surface area contributed by atoms with Gasteiger partial charge in [-0.2, -0.15) is 0 Å². The smallest absolute Gasteiger partial charge is 0.410 e. The zero-order valence-corrected chi connectivity index (χ0v) is 10.5. The number of nitrogens with zero attached hydrogens (tertiary/aromatic N) is 1. The molecule has 0 aromatic heterocycles. The number of likely N-dealkylation sites (tertiary alicyclic amines) is 1. The maximum Gasteiger partial charge on any atom is 0.410 e. The molecule has 16 heavy (non-hydrogen) atoms. The molecule has 5 heteroatoms. The zero-order chi connectivity index (χ0) is 12.3. The third-order valence-electron chi connectivity index (χ3n) is 2.56. The monoisotopic (exact) mass is 230 g/mol. The summed E-state index contributed by atoms with van der Waals surface area (Å²) in [5.74, 6) is 0. The zero-order valence-electron chi connectivity index (χ0n) is 10.5. The molecule has 0 bridgehead atoms. The van der Waals surface area contributed by atoms with Crippen LogP contribution < -0.4 is 5.73 Å². The molecule has 1 saturated heterocycles. The van der Waals surface area contributed by atoms with Crippen LogP contribution in [0.25, 0.3) is 0 Å². The lowest BCUT2D eigenvalue weighted by atomic mass is 10.0. The van der Waals surface area contributed by atoms with Crippen LogP contribution in [0.4, 0.5) is 4.79 Å². The topological polar surface area (TPSA) is 64.8 Å². The van der Waals surface area contributed by atoms with Gasteiger partial charge in [-0.3, -0.25) is 0 Å². The lowest BCUT2D eigenvalue weighted by Crippen LogP contribution is -2.53. The SMILES string of the molecule is COC1CN(C(=O)OC(C)(C)C)CCC1N. The summed E-state index contributed by atoms with van der Waals surface area (Å²) < 4.78 is 10.5. The van der Waals surface area contributed by atoms with E-state index in [0.717, 1.165) is 6.42 Å². The summed E-state index contributed by atoms with van der Waals surface area (Å²) in [7, 11) is 1.61. The highest BCUT2D eigenvalue weighted by molar-refractivity contribution is 5.68. The van der Waals surface area contributed by atoms with E-state index in [-0.39, 0.29) is 18.2 Å². The van der Waals surface area contributed by atoms with Crippen LogP contribution in [0.15, 0.2) is 0 Å². The predicted octanol–water partition coefficient (Wildman–Crippen LogP) is 0.970. The van der Waals surface area contributed by atoms with E-state index in [2.05, 4.69) is 0 Å². The minimum absolute atomic E-state index is 0.00341. The number of methoxy groups -OCH3 is 1. The summed E-state index contributed by atoms with van der Waals surface area (Å²) >= 11 is 0. The van der Waals surface area contributed by atoms with Crippen molar-refractivity contribution in [1.82, 2.24) is 4.90 Å². The van der Waals surface area contributed by atoms with Crippen LogP contribution in [0.1, 0.15) is 27.2 Å². The molecule has 1 aliphatic rings. The summed E-state index contributed by atoms with van der Waals surface area (Å²) in [6, 6.07) is 0.00341. The molecule has 2 N–H and O–H groups in total. The number of hydrogen-bond donors (Lipinski definition) is 1. The van der Waals surface area contributed by atoms with Crippen LogP contribution in [-0.2, 0) is 9.47 Å². The quantitative estimate of drug-likeness (QED) is 0.729. The van der Waals surface area contributed by atoms with Crippen molar-refractivity contribution in [3.05, 3.63) is 0 Å². The van der Waals surface area contributed by atoms with Gasteiger partial charge in [0.1, 0.15) is 5.60 Å². The number of amides is 1. The van der Waals surface area contributed by atoms with Crippen molar-refractivity contribution < 1.29 is 14.3 Å². The maximum absolute atomic E-state index is 11.8. The fourth-order valence-electron chi connectivity index (χ4n) is 1.68. The van der Waals surface area contributed by atoms with Gasteiger partial charge in [0.15, 0.2) is 0 Å². The van der Waals surface area contributed by atoms with Crippen molar-refractivity contribution in [3.63, 3.8) is 0 Å². The van der Waals surface area contributed by atoms with Gasteiger partial charge in [-0.15, -0.1) is 0 Å². The Morgan fingerprint density at radius 3 is 2.56 bits per heavy atom. The average Bonchev–Trinajstić information content (AvgIpc) is 2.15. The second-order valence-corrected chi connectivity index (χ2v) is 5.15. The van der Waals surface area contributed by atoms with Gasteiger partial charge in [-0.25, -0.2) is 4.79 Å². The van der Waals surface area contributed by atoms with Gasteiger partial charge in [-0.1, -0.05) is 0 Å². The first-order valence-electron chi connectivity index (χ1n) is 5.60. The number of ether oxygens (including phenoxy) is 2. The Balaban J connectivity index is 2.52. The van der Waals surface area contributed by atoms with E-state index in [0.29, 0.717) is 13.1 Å². The Kier molecular flexibility index (Phi) is 4.15. The Morgan fingerprint density at radius 2 is 2.06 bits per heavy atom. The molecule has 0 saturated carbocycles. The van der Waals surface area contributed by atoms with Gasteiger partial charge in [0.2, 0.25) is 0 Å². The normalized spacial score (nSPS) is 26.7. The Morgan fingerprint density at radius 1 is 1.44 bits per heavy atom. The van der Waals surface area contributed by atoms with Gasteiger partial charge in [0.25, 0.3) is 0 Å². The highest BCUT2D eigenvalue weighted by Crippen LogP contribution is 2.16. The number of hydrogen-bond acceptors (Lipinski definition) is 4. The largest absolute Gasteiger partial charge is 0.444 e. The maximum atomic E-state index is 11.8. The van der Waals surface area contributed by atoms with Crippen LogP contribution in [0, 0.1) is 0 Å². The molecular formula is C11H22N2O3. The van der Waals surface area contributed by atoms with E-state index in [1.165, 1.54) is 0 Å². The number of nitrogens with two attached hydrogens (primary N) is 1. The van der Waals surface area contributed by atoms with Crippen LogP contribution in [0.3, 0.4) is 0 Å². The Labute approximate surface area is 96.9 Å². The molecule has 94 valence electrons. The van der Waals surface area contributed by atoms with Crippen LogP contribution in [0.2, 0.25) is 0 Å². The molecule has 0 aliphatic carbocycles. The fourth-order valence-corrected chi connectivity index (χ4v) is 1.68. The molecule has 1 rings (SSSR count). The van der Waals surface area contributed by atoms with Gasteiger partial charge in [0, 0.05) is 19.7 Å². The standard InChI is InChI=1S/C11H22N2O3/c1-11(2,3)16-10(14)13-6-5-8(12)9(7-13)15-4/h8-9H,5-7,12H2,1-4H3. The highest BCUT2D eigenvalue weighted by atomic mass is 16.6. The second kappa shape index (κ2) is 5.01. The number of carbonyl (C=O) groups is 1. The number of piperidine rings is 1. The summed E-state index contributed by atoms with van der Waals surface area (Å²) in [6.07, 6.45) is 0.361. The third-order valence-corrected chi connectivity index (χ3v) is 2.56. The number of carbonyl (C=O) groups excluding carboxylic acids is 1. The third kappa shape index (κ3) is 3.64. The van der Waals surface area contributed by atoms with E-state index < -0.39 is 5.60 Å². The number of rotatable bonds is 1. The summed E-state index contributed by atoms with van der Waals surface area (Å²) in [5, 5.41) is 0.